The van der Waals surface area contributed by atoms with Crippen LogP contribution in [0.3, 0.4) is 0 Å². The van der Waals surface area contributed by atoms with Gasteiger partial charge in [-0.1, -0.05) is 6.07 Å². The van der Waals surface area contributed by atoms with E-state index in [1.165, 1.54) is 12.1 Å². The molecular weight excluding hydrogens is 384 g/mol. The van der Waals surface area contributed by atoms with Crippen LogP contribution in [-0.2, 0) is 6.54 Å². The number of benzene rings is 1. The van der Waals surface area contributed by atoms with Crippen LogP contribution in [0.2, 0.25) is 0 Å². The number of hydrogen-bond donors (Lipinski definition) is 1. The van der Waals surface area contributed by atoms with Gasteiger partial charge in [-0.15, -0.1) is 11.3 Å². The van der Waals surface area contributed by atoms with Crippen molar-refractivity contribution in [1.29, 1.82) is 0 Å². The Bertz CT molecular complexity index is 567. The molecule has 0 spiro atoms. The fourth-order valence-corrected chi connectivity index (χ4v) is 3.51. The van der Waals surface area contributed by atoms with E-state index >= 15 is 0 Å². The van der Waals surface area contributed by atoms with Gasteiger partial charge in [0.15, 0.2) is 0 Å². The molecule has 1 aromatic heterocycles. The molecule has 0 fully saturated rings. The van der Waals surface area contributed by atoms with Gasteiger partial charge >= 0.3 is 0 Å². The van der Waals surface area contributed by atoms with Gasteiger partial charge in [-0.05, 0) is 44.0 Å². The number of nitro benzene ring substituents is 1. The van der Waals surface area contributed by atoms with E-state index in [2.05, 4.69) is 37.2 Å². The van der Waals surface area contributed by atoms with Crippen LogP contribution in [0.4, 0.5) is 11.4 Å². The Kier molecular flexibility index (Phi) is 4.36. The summed E-state index contributed by atoms with van der Waals surface area (Å²) in [6.45, 7) is 0.635. The fourth-order valence-electron chi connectivity index (χ4n) is 1.40. The monoisotopic (exact) mass is 390 g/mol. The normalized spacial score (nSPS) is 10.3. The average molecular weight is 392 g/mol. The molecule has 7 heteroatoms. The molecule has 4 nitrogen and oxygen atoms in total. The molecule has 2 rings (SSSR count). The Morgan fingerprint density at radius 2 is 2.11 bits per heavy atom. The molecular formula is C11H8Br2N2O2S. The second kappa shape index (κ2) is 5.81. The first-order chi connectivity index (χ1) is 8.56. The lowest BCUT2D eigenvalue weighted by Crippen LogP contribution is -1.98. The molecule has 18 heavy (non-hydrogen) atoms. The summed E-state index contributed by atoms with van der Waals surface area (Å²) in [6, 6.07) is 8.49. The van der Waals surface area contributed by atoms with Crippen molar-refractivity contribution in [3.8, 4) is 0 Å². The lowest BCUT2D eigenvalue weighted by molar-refractivity contribution is -0.384. The highest BCUT2D eigenvalue weighted by Crippen LogP contribution is 2.32. The molecule has 1 N–H and O–H groups in total. The molecule has 0 atom stereocenters. The summed E-state index contributed by atoms with van der Waals surface area (Å²) in [5.74, 6) is 0. The van der Waals surface area contributed by atoms with Crippen LogP contribution >= 0.6 is 43.2 Å². The van der Waals surface area contributed by atoms with Crippen molar-refractivity contribution in [3.05, 3.63) is 53.6 Å². The number of nitrogens with one attached hydrogen (secondary N) is 1. The topological polar surface area (TPSA) is 55.2 Å². The number of halogens is 2. The van der Waals surface area contributed by atoms with Crippen molar-refractivity contribution in [3.63, 3.8) is 0 Å². The molecule has 0 aliphatic carbocycles. The number of non-ortho nitro benzene ring substituents is 1. The molecule has 1 aromatic carbocycles. The van der Waals surface area contributed by atoms with Gasteiger partial charge in [0.1, 0.15) is 0 Å². The van der Waals surface area contributed by atoms with Gasteiger partial charge < -0.3 is 5.32 Å². The first kappa shape index (κ1) is 13.5. The summed E-state index contributed by atoms with van der Waals surface area (Å²) < 4.78 is 2.06. The molecule has 0 aliphatic heterocycles. The highest BCUT2D eigenvalue weighted by atomic mass is 79.9. The maximum atomic E-state index is 10.6. The molecule has 0 saturated carbocycles. The van der Waals surface area contributed by atoms with Gasteiger partial charge in [-0.3, -0.25) is 10.1 Å². The molecule has 2 aromatic rings. The predicted molar refractivity (Wildman–Crippen MR) is 80.1 cm³/mol. The van der Waals surface area contributed by atoms with E-state index in [4.69, 9.17) is 0 Å². The van der Waals surface area contributed by atoms with E-state index in [9.17, 15) is 10.1 Å². The zero-order chi connectivity index (χ0) is 13.1. The molecule has 0 amide bonds. The summed E-state index contributed by atoms with van der Waals surface area (Å²) in [4.78, 5) is 11.4. The lowest BCUT2D eigenvalue weighted by atomic mass is 10.3. The molecule has 0 unspecified atom stereocenters. The third-order valence-corrected chi connectivity index (χ3v) is 5.48. The number of thiophene rings is 1. The van der Waals surface area contributed by atoms with Crippen molar-refractivity contribution in [2.45, 2.75) is 6.54 Å². The minimum absolute atomic E-state index is 0.0912. The molecule has 0 bridgehead atoms. The number of nitrogens with zero attached hydrogens (tertiary/aromatic N) is 1. The van der Waals surface area contributed by atoms with E-state index in [0.29, 0.717) is 6.54 Å². The highest BCUT2D eigenvalue weighted by Gasteiger charge is 2.07. The second-order valence-corrected chi connectivity index (χ2v) is 6.80. The van der Waals surface area contributed by atoms with Gasteiger partial charge in [0.25, 0.3) is 5.69 Å². The van der Waals surface area contributed by atoms with Crippen molar-refractivity contribution < 1.29 is 4.92 Å². The molecule has 1 heterocycles. The Hall–Kier alpha value is -0.920. The Morgan fingerprint density at radius 3 is 2.72 bits per heavy atom. The fraction of sp³-hybridized carbons (Fsp3) is 0.0909. The maximum Gasteiger partial charge on any atom is 0.271 e. The number of anilines is 1. The third kappa shape index (κ3) is 3.30. The van der Waals surface area contributed by atoms with Crippen LogP contribution in [0.25, 0.3) is 0 Å². The molecule has 0 aliphatic rings. The van der Waals surface area contributed by atoms with Crippen LogP contribution in [0.15, 0.2) is 38.6 Å². The van der Waals surface area contributed by atoms with Gasteiger partial charge in [0, 0.05) is 33.7 Å². The van der Waals surface area contributed by atoms with Crippen LogP contribution < -0.4 is 5.32 Å². The summed E-state index contributed by atoms with van der Waals surface area (Å²) in [5.41, 5.74) is 0.832. The quantitative estimate of drug-likeness (QED) is 0.601. The van der Waals surface area contributed by atoms with Gasteiger partial charge in [-0.25, -0.2) is 0 Å². The third-order valence-electron chi connectivity index (χ3n) is 2.22. The Labute approximate surface area is 124 Å². The maximum absolute atomic E-state index is 10.6. The van der Waals surface area contributed by atoms with E-state index in [1.54, 1.807) is 17.4 Å². The average Bonchev–Trinajstić information content (AvgIpc) is 2.67. The second-order valence-electron chi connectivity index (χ2n) is 3.50. The van der Waals surface area contributed by atoms with E-state index in [0.717, 1.165) is 18.8 Å². The van der Waals surface area contributed by atoms with E-state index in [1.807, 2.05) is 12.1 Å². The molecule has 94 valence electrons. The SMILES string of the molecule is O=[N+]([O-])c1cccc(NCc2cc(Br)c(Br)s2)c1. The zero-order valence-corrected chi connectivity index (χ0v) is 13.0. The zero-order valence-electron chi connectivity index (χ0n) is 9.02. The van der Waals surface area contributed by atoms with Crippen LogP contribution in [0, 0.1) is 10.1 Å². The smallest absolute Gasteiger partial charge is 0.271 e. The lowest BCUT2D eigenvalue weighted by Gasteiger charge is -2.03. The van der Waals surface area contributed by atoms with Crippen LogP contribution in [-0.4, -0.2) is 4.92 Å². The minimum atomic E-state index is -0.399. The number of hydrogen-bond acceptors (Lipinski definition) is 4. The first-order valence-corrected chi connectivity index (χ1v) is 7.38. The standard InChI is InChI=1S/C11H8Br2N2O2S/c12-10-5-9(18-11(10)13)6-14-7-2-1-3-8(4-7)15(16)17/h1-5,14H,6H2. The predicted octanol–water partition coefficient (Wildman–Crippen LogP) is 4.79. The van der Waals surface area contributed by atoms with Crippen molar-refractivity contribution in [2.75, 3.05) is 5.32 Å². The molecule has 0 saturated heterocycles. The number of nitro groups is 1. The largest absolute Gasteiger partial charge is 0.380 e. The Morgan fingerprint density at radius 1 is 1.33 bits per heavy atom. The highest BCUT2D eigenvalue weighted by molar-refractivity contribution is 9.13. The number of rotatable bonds is 4. The molecule has 0 radical (unpaired) electrons. The Balaban J connectivity index is 2.06. The summed E-state index contributed by atoms with van der Waals surface area (Å²) in [5, 5.41) is 13.8. The van der Waals surface area contributed by atoms with Gasteiger partial charge in [-0.2, -0.15) is 0 Å². The summed E-state index contributed by atoms with van der Waals surface area (Å²) in [6.07, 6.45) is 0. The van der Waals surface area contributed by atoms with Crippen molar-refractivity contribution >= 4 is 54.6 Å². The van der Waals surface area contributed by atoms with Crippen LogP contribution in [0.5, 0.6) is 0 Å². The van der Waals surface area contributed by atoms with Crippen molar-refractivity contribution in [1.82, 2.24) is 0 Å². The first-order valence-electron chi connectivity index (χ1n) is 4.98. The van der Waals surface area contributed by atoms with Crippen LogP contribution in [0.1, 0.15) is 4.88 Å². The van der Waals surface area contributed by atoms with Crippen molar-refractivity contribution in [2.24, 2.45) is 0 Å². The van der Waals surface area contributed by atoms with E-state index < -0.39 is 4.92 Å². The summed E-state index contributed by atoms with van der Waals surface area (Å²) in [7, 11) is 0. The van der Waals surface area contributed by atoms with Gasteiger partial charge in [0.05, 0.1) is 8.71 Å². The minimum Gasteiger partial charge on any atom is -0.380 e. The van der Waals surface area contributed by atoms with E-state index in [-0.39, 0.29) is 5.69 Å². The van der Waals surface area contributed by atoms with Gasteiger partial charge in [0.2, 0.25) is 0 Å². The summed E-state index contributed by atoms with van der Waals surface area (Å²) >= 11 is 8.46.